The topological polar surface area (TPSA) is 52.3 Å². The number of rotatable bonds is 4. The summed E-state index contributed by atoms with van der Waals surface area (Å²) in [7, 11) is 0. The maximum absolute atomic E-state index is 12.0. The predicted octanol–water partition coefficient (Wildman–Crippen LogP) is 3.38. The van der Waals surface area contributed by atoms with Gasteiger partial charge in [-0.15, -0.1) is 0 Å². The van der Waals surface area contributed by atoms with Gasteiger partial charge in [0.25, 0.3) is 0 Å². The SMILES string of the molecule is C=C[C@@H](C)OC(=O)c1nc(C)oc1-c1ccccc1. The highest BCUT2D eigenvalue weighted by Gasteiger charge is 2.22. The highest BCUT2D eigenvalue weighted by Crippen LogP contribution is 2.25. The number of oxazole rings is 1. The fourth-order valence-electron chi connectivity index (χ4n) is 1.62. The normalized spacial score (nSPS) is 11.9. The standard InChI is InChI=1S/C15H15NO3/c1-4-10(2)18-15(17)13-14(19-11(3)16-13)12-8-6-5-7-9-12/h4-10H,1H2,2-3H3/t10-/m1/s1. The third kappa shape index (κ3) is 2.91. The molecule has 0 N–H and O–H groups in total. The molecular weight excluding hydrogens is 242 g/mol. The lowest BCUT2D eigenvalue weighted by molar-refractivity contribution is 0.0419. The van der Waals surface area contributed by atoms with E-state index in [4.69, 9.17) is 9.15 Å². The molecule has 2 aromatic rings. The van der Waals surface area contributed by atoms with E-state index in [1.165, 1.54) is 0 Å². The van der Waals surface area contributed by atoms with Gasteiger partial charge in [0.2, 0.25) is 0 Å². The summed E-state index contributed by atoms with van der Waals surface area (Å²) >= 11 is 0. The van der Waals surface area contributed by atoms with Gasteiger partial charge in [-0.1, -0.05) is 43.0 Å². The van der Waals surface area contributed by atoms with Crippen LogP contribution in [0.1, 0.15) is 23.3 Å². The van der Waals surface area contributed by atoms with Gasteiger partial charge < -0.3 is 9.15 Å². The van der Waals surface area contributed by atoms with E-state index in [1.807, 2.05) is 30.3 Å². The van der Waals surface area contributed by atoms with Gasteiger partial charge in [0.05, 0.1) is 0 Å². The molecule has 0 unspecified atom stereocenters. The van der Waals surface area contributed by atoms with Gasteiger partial charge in [-0.2, -0.15) is 0 Å². The molecule has 4 nitrogen and oxygen atoms in total. The second-order valence-corrected chi connectivity index (χ2v) is 4.12. The van der Waals surface area contributed by atoms with Crippen molar-refractivity contribution in [3.63, 3.8) is 0 Å². The first-order chi connectivity index (χ1) is 9.11. The molecule has 1 aromatic heterocycles. The van der Waals surface area contributed by atoms with E-state index in [0.29, 0.717) is 11.7 Å². The van der Waals surface area contributed by atoms with Gasteiger partial charge in [-0.3, -0.25) is 0 Å². The smallest absolute Gasteiger partial charge is 0.361 e. The first-order valence-corrected chi connectivity index (χ1v) is 5.98. The monoisotopic (exact) mass is 257 g/mol. The summed E-state index contributed by atoms with van der Waals surface area (Å²) in [6.07, 6.45) is 1.18. The second-order valence-electron chi connectivity index (χ2n) is 4.12. The van der Waals surface area contributed by atoms with Gasteiger partial charge >= 0.3 is 5.97 Å². The Morgan fingerprint density at radius 2 is 2.11 bits per heavy atom. The van der Waals surface area contributed by atoms with E-state index >= 15 is 0 Å². The molecule has 0 radical (unpaired) electrons. The van der Waals surface area contributed by atoms with Crippen LogP contribution >= 0.6 is 0 Å². The lowest BCUT2D eigenvalue weighted by Gasteiger charge is -2.07. The molecule has 0 aliphatic rings. The number of carbonyl (C=O) groups excluding carboxylic acids is 1. The lowest BCUT2D eigenvalue weighted by atomic mass is 10.1. The molecule has 0 bridgehead atoms. The summed E-state index contributed by atoms with van der Waals surface area (Å²) < 4.78 is 10.7. The second kappa shape index (κ2) is 5.52. The summed E-state index contributed by atoms with van der Waals surface area (Å²) in [4.78, 5) is 16.1. The predicted molar refractivity (Wildman–Crippen MR) is 71.8 cm³/mol. The van der Waals surface area contributed by atoms with Gasteiger partial charge in [-0.05, 0) is 6.92 Å². The molecule has 0 fully saturated rings. The highest BCUT2D eigenvalue weighted by molar-refractivity contribution is 5.93. The van der Waals surface area contributed by atoms with Crippen LogP contribution in [-0.2, 0) is 4.74 Å². The van der Waals surface area contributed by atoms with Crippen molar-refractivity contribution in [3.8, 4) is 11.3 Å². The molecule has 1 heterocycles. The number of benzene rings is 1. The van der Waals surface area contributed by atoms with Crippen molar-refractivity contribution < 1.29 is 13.9 Å². The van der Waals surface area contributed by atoms with Crippen molar-refractivity contribution in [3.05, 3.63) is 54.6 Å². The molecule has 98 valence electrons. The molecule has 1 aromatic carbocycles. The molecule has 0 amide bonds. The Labute approximate surface area is 111 Å². The van der Waals surface area contributed by atoms with Crippen LogP contribution in [-0.4, -0.2) is 17.1 Å². The van der Waals surface area contributed by atoms with Crippen LogP contribution in [0, 0.1) is 6.92 Å². The fraction of sp³-hybridized carbons (Fsp3) is 0.200. The van der Waals surface area contributed by atoms with Crippen LogP contribution in [0.5, 0.6) is 0 Å². The van der Waals surface area contributed by atoms with Crippen molar-refractivity contribution in [1.29, 1.82) is 0 Å². The number of esters is 1. The summed E-state index contributed by atoms with van der Waals surface area (Å²) in [6, 6.07) is 9.34. The van der Waals surface area contributed by atoms with E-state index in [2.05, 4.69) is 11.6 Å². The third-order valence-electron chi connectivity index (χ3n) is 2.59. The average Bonchev–Trinajstić information content (AvgIpc) is 2.82. The average molecular weight is 257 g/mol. The number of hydrogen-bond donors (Lipinski definition) is 0. The molecule has 0 aliphatic carbocycles. The summed E-state index contributed by atoms with van der Waals surface area (Å²) in [5.74, 6) is 0.347. The van der Waals surface area contributed by atoms with Crippen LogP contribution in [0.15, 0.2) is 47.4 Å². The molecule has 1 atom stereocenters. The molecule has 2 rings (SSSR count). The first kappa shape index (κ1) is 13.1. The zero-order chi connectivity index (χ0) is 13.8. The minimum absolute atomic E-state index is 0.192. The Morgan fingerprint density at radius 3 is 2.74 bits per heavy atom. The Bertz CT molecular complexity index is 587. The van der Waals surface area contributed by atoms with Gasteiger partial charge in [0.1, 0.15) is 6.10 Å². The van der Waals surface area contributed by atoms with Gasteiger partial charge in [0, 0.05) is 12.5 Å². The van der Waals surface area contributed by atoms with Crippen molar-refractivity contribution in [2.75, 3.05) is 0 Å². The summed E-state index contributed by atoms with van der Waals surface area (Å²) in [5.41, 5.74) is 0.985. The van der Waals surface area contributed by atoms with E-state index in [-0.39, 0.29) is 11.8 Å². The van der Waals surface area contributed by atoms with Crippen LogP contribution in [0.25, 0.3) is 11.3 Å². The number of ether oxygens (including phenoxy) is 1. The quantitative estimate of drug-likeness (QED) is 0.622. The molecule has 0 saturated heterocycles. The zero-order valence-corrected chi connectivity index (χ0v) is 10.9. The van der Waals surface area contributed by atoms with Crippen molar-refractivity contribution in [1.82, 2.24) is 4.98 Å². The molecule has 0 saturated carbocycles. The Hall–Kier alpha value is -2.36. The van der Waals surface area contributed by atoms with Gasteiger partial charge in [0.15, 0.2) is 17.3 Å². The number of carbonyl (C=O) groups is 1. The highest BCUT2D eigenvalue weighted by atomic mass is 16.5. The van der Waals surface area contributed by atoms with Crippen LogP contribution < -0.4 is 0 Å². The van der Waals surface area contributed by atoms with E-state index in [0.717, 1.165) is 5.56 Å². The summed E-state index contributed by atoms with van der Waals surface area (Å²) in [6.45, 7) is 7.00. The summed E-state index contributed by atoms with van der Waals surface area (Å²) in [5, 5.41) is 0. The third-order valence-corrected chi connectivity index (χ3v) is 2.59. The Balaban J connectivity index is 2.36. The lowest BCUT2D eigenvalue weighted by Crippen LogP contribution is -2.13. The molecule has 0 aliphatic heterocycles. The van der Waals surface area contributed by atoms with E-state index < -0.39 is 5.97 Å². The van der Waals surface area contributed by atoms with Crippen molar-refractivity contribution >= 4 is 5.97 Å². The van der Waals surface area contributed by atoms with Crippen LogP contribution in [0.4, 0.5) is 0 Å². The molecule has 4 heteroatoms. The Morgan fingerprint density at radius 1 is 1.42 bits per heavy atom. The van der Waals surface area contributed by atoms with Crippen molar-refractivity contribution in [2.24, 2.45) is 0 Å². The largest absolute Gasteiger partial charge is 0.454 e. The van der Waals surface area contributed by atoms with E-state index in [9.17, 15) is 4.79 Å². The fourth-order valence-corrected chi connectivity index (χ4v) is 1.62. The number of aryl methyl sites for hydroxylation is 1. The molecule has 0 spiro atoms. The minimum Gasteiger partial charge on any atom is -0.454 e. The van der Waals surface area contributed by atoms with Gasteiger partial charge in [-0.25, -0.2) is 9.78 Å². The molecular formula is C15H15NO3. The Kier molecular flexibility index (Phi) is 3.80. The zero-order valence-electron chi connectivity index (χ0n) is 10.9. The number of aromatic nitrogens is 1. The van der Waals surface area contributed by atoms with Crippen molar-refractivity contribution in [2.45, 2.75) is 20.0 Å². The number of hydrogen-bond acceptors (Lipinski definition) is 4. The first-order valence-electron chi connectivity index (χ1n) is 5.98. The number of nitrogens with zero attached hydrogens (tertiary/aromatic N) is 1. The molecule has 19 heavy (non-hydrogen) atoms. The maximum atomic E-state index is 12.0. The maximum Gasteiger partial charge on any atom is 0.361 e. The van der Waals surface area contributed by atoms with Crippen LogP contribution in [0.2, 0.25) is 0 Å². The minimum atomic E-state index is -0.511. The van der Waals surface area contributed by atoms with E-state index in [1.54, 1.807) is 19.9 Å². The van der Waals surface area contributed by atoms with Crippen LogP contribution in [0.3, 0.4) is 0 Å².